The number of aryl methyl sites for hydroxylation is 2. The number of para-hydroxylation sites is 1. The van der Waals surface area contributed by atoms with Crippen LogP contribution in [-0.4, -0.2) is 24.0 Å². The molecule has 5 nitrogen and oxygen atoms in total. The number of nitrogens with one attached hydrogen (secondary N) is 1. The lowest BCUT2D eigenvalue weighted by atomic mass is 9.98. The molecule has 1 aliphatic heterocycles. The Kier molecular flexibility index (Phi) is 5.20. The van der Waals surface area contributed by atoms with Crippen LogP contribution in [0.4, 0.5) is 11.4 Å². The van der Waals surface area contributed by atoms with Crippen LogP contribution in [0.3, 0.4) is 0 Å². The summed E-state index contributed by atoms with van der Waals surface area (Å²) < 4.78 is 5.86. The topological polar surface area (TPSA) is 58.6 Å². The van der Waals surface area contributed by atoms with E-state index in [4.69, 9.17) is 4.74 Å². The van der Waals surface area contributed by atoms with Crippen LogP contribution in [0.25, 0.3) is 0 Å². The smallest absolute Gasteiger partial charge is 0.271 e. The Hall–Kier alpha value is -2.82. The number of carbonyl (C=O) groups excluding carboxylic acids is 2. The first-order valence-corrected chi connectivity index (χ1v) is 9.61. The largest absolute Gasteiger partial charge is 0.476 e. The fourth-order valence-electron chi connectivity index (χ4n) is 3.50. The van der Waals surface area contributed by atoms with Crippen molar-refractivity contribution in [3.05, 3.63) is 53.1 Å². The third-order valence-corrected chi connectivity index (χ3v) is 5.02. The van der Waals surface area contributed by atoms with Gasteiger partial charge in [-0.25, -0.2) is 0 Å². The van der Waals surface area contributed by atoms with Crippen LogP contribution in [0.1, 0.15) is 50.3 Å². The first-order valence-electron chi connectivity index (χ1n) is 9.61. The van der Waals surface area contributed by atoms with Gasteiger partial charge in [-0.15, -0.1) is 0 Å². The van der Waals surface area contributed by atoms with Gasteiger partial charge in [0.15, 0.2) is 5.60 Å². The monoisotopic (exact) mass is 380 g/mol. The summed E-state index contributed by atoms with van der Waals surface area (Å²) in [6.45, 7) is 11.5. The van der Waals surface area contributed by atoms with Gasteiger partial charge >= 0.3 is 0 Å². The van der Waals surface area contributed by atoms with Gasteiger partial charge in [0.25, 0.3) is 5.91 Å². The van der Waals surface area contributed by atoms with Gasteiger partial charge in [-0.05, 0) is 62.4 Å². The normalized spacial score (nSPS) is 15.2. The van der Waals surface area contributed by atoms with Crippen molar-refractivity contribution in [2.24, 2.45) is 0 Å². The van der Waals surface area contributed by atoms with Crippen LogP contribution in [0.5, 0.6) is 5.75 Å². The minimum absolute atomic E-state index is 0.0616. The van der Waals surface area contributed by atoms with Gasteiger partial charge in [0.1, 0.15) is 12.3 Å². The molecule has 1 N–H and O–H groups in total. The molecular formula is C23H28N2O3. The van der Waals surface area contributed by atoms with Crippen LogP contribution in [0.2, 0.25) is 0 Å². The third-order valence-electron chi connectivity index (χ3n) is 5.02. The van der Waals surface area contributed by atoms with Gasteiger partial charge in [0.2, 0.25) is 5.91 Å². The van der Waals surface area contributed by atoms with E-state index in [-0.39, 0.29) is 24.3 Å². The van der Waals surface area contributed by atoms with Crippen molar-refractivity contribution >= 4 is 23.2 Å². The molecule has 0 aromatic heterocycles. The highest BCUT2D eigenvalue weighted by Gasteiger charge is 2.41. The molecular weight excluding hydrogens is 352 g/mol. The third kappa shape index (κ3) is 3.75. The summed E-state index contributed by atoms with van der Waals surface area (Å²) in [6.07, 6.45) is 0. The first kappa shape index (κ1) is 19.9. The van der Waals surface area contributed by atoms with E-state index in [1.165, 1.54) is 4.90 Å². The zero-order valence-electron chi connectivity index (χ0n) is 17.4. The minimum atomic E-state index is -1.02. The van der Waals surface area contributed by atoms with Gasteiger partial charge in [0.05, 0.1) is 5.69 Å². The molecule has 5 heteroatoms. The number of ether oxygens (including phenoxy) is 1. The van der Waals surface area contributed by atoms with Crippen LogP contribution >= 0.6 is 0 Å². The van der Waals surface area contributed by atoms with Gasteiger partial charge < -0.3 is 10.1 Å². The SMILES string of the molecule is Cc1ccc2c(c1)N(CC(=O)Nc1c(C)cccc1C(C)C)C(=O)C(C)(C)O2. The van der Waals surface area contributed by atoms with Crippen molar-refractivity contribution < 1.29 is 14.3 Å². The Morgan fingerprint density at radius 2 is 1.89 bits per heavy atom. The summed E-state index contributed by atoms with van der Waals surface area (Å²) in [6, 6.07) is 11.7. The van der Waals surface area contributed by atoms with Crippen molar-refractivity contribution in [2.45, 2.75) is 53.1 Å². The first-order chi connectivity index (χ1) is 13.1. The van der Waals surface area contributed by atoms with Crippen LogP contribution in [-0.2, 0) is 9.59 Å². The van der Waals surface area contributed by atoms with Crippen molar-refractivity contribution in [3.8, 4) is 5.75 Å². The molecule has 0 radical (unpaired) electrons. The lowest BCUT2D eigenvalue weighted by Crippen LogP contribution is -2.54. The number of hydrogen-bond acceptors (Lipinski definition) is 3. The van der Waals surface area contributed by atoms with E-state index in [0.717, 1.165) is 22.4 Å². The van der Waals surface area contributed by atoms with E-state index < -0.39 is 5.60 Å². The van der Waals surface area contributed by atoms with Gasteiger partial charge in [0, 0.05) is 5.69 Å². The van der Waals surface area contributed by atoms with Gasteiger partial charge in [-0.3, -0.25) is 14.5 Å². The Balaban J connectivity index is 1.90. The molecule has 0 saturated carbocycles. The average molecular weight is 380 g/mol. The van der Waals surface area contributed by atoms with Gasteiger partial charge in [-0.1, -0.05) is 38.1 Å². The fourth-order valence-corrected chi connectivity index (χ4v) is 3.50. The number of hydrogen-bond donors (Lipinski definition) is 1. The van der Waals surface area contributed by atoms with Crippen molar-refractivity contribution in [1.82, 2.24) is 0 Å². The molecule has 0 bridgehead atoms. The summed E-state index contributed by atoms with van der Waals surface area (Å²) in [4.78, 5) is 27.4. The fraction of sp³-hybridized carbons (Fsp3) is 0.391. The predicted octanol–water partition coefficient (Wildman–Crippen LogP) is 4.57. The van der Waals surface area contributed by atoms with E-state index in [1.54, 1.807) is 13.8 Å². The van der Waals surface area contributed by atoms with E-state index in [2.05, 4.69) is 19.2 Å². The van der Waals surface area contributed by atoms with Crippen molar-refractivity contribution in [3.63, 3.8) is 0 Å². The highest BCUT2D eigenvalue weighted by atomic mass is 16.5. The van der Waals surface area contributed by atoms with Crippen molar-refractivity contribution in [2.75, 3.05) is 16.8 Å². The van der Waals surface area contributed by atoms with Crippen LogP contribution in [0, 0.1) is 13.8 Å². The highest BCUT2D eigenvalue weighted by Crippen LogP contribution is 2.38. The molecule has 0 unspecified atom stereocenters. The summed E-state index contributed by atoms with van der Waals surface area (Å²) in [5.41, 5.74) is 3.53. The molecule has 0 aliphatic carbocycles. The van der Waals surface area contributed by atoms with E-state index in [1.807, 2.05) is 50.2 Å². The second-order valence-electron chi connectivity index (χ2n) is 8.22. The molecule has 1 heterocycles. The zero-order valence-corrected chi connectivity index (χ0v) is 17.4. The van der Waals surface area contributed by atoms with E-state index >= 15 is 0 Å². The number of anilines is 2. The maximum absolute atomic E-state index is 13.0. The molecule has 3 rings (SSSR count). The number of rotatable bonds is 4. The van der Waals surface area contributed by atoms with E-state index in [0.29, 0.717) is 11.4 Å². The quantitative estimate of drug-likeness (QED) is 0.845. The molecule has 0 saturated heterocycles. The summed E-state index contributed by atoms with van der Waals surface area (Å²) in [5.74, 6) is 0.439. The Labute approximate surface area is 166 Å². The van der Waals surface area contributed by atoms with Crippen LogP contribution < -0.4 is 15.0 Å². The van der Waals surface area contributed by atoms with Gasteiger partial charge in [-0.2, -0.15) is 0 Å². The molecule has 148 valence electrons. The molecule has 2 amide bonds. The number of carbonyl (C=O) groups is 2. The number of nitrogens with zero attached hydrogens (tertiary/aromatic N) is 1. The molecule has 1 aliphatic rings. The molecule has 2 aromatic carbocycles. The summed E-state index contributed by atoms with van der Waals surface area (Å²) in [5, 5.41) is 3.03. The summed E-state index contributed by atoms with van der Waals surface area (Å²) in [7, 11) is 0. The molecule has 2 aromatic rings. The second kappa shape index (κ2) is 7.30. The average Bonchev–Trinajstić information content (AvgIpc) is 2.61. The lowest BCUT2D eigenvalue weighted by Gasteiger charge is -2.38. The number of fused-ring (bicyclic) bond motifs is 1. The summed E-state index contributed by atoms with van der Waals surface area (Å²) >= 11 is 0. The highest BCUT2D eigenvalue weighted by molar-refractivity contribution is 6.08. The van der Waals surface area contributed by atoms with E-state index in [9.17, 15) is 9.59 Å². The maximum atomic E-state index is 13.0. The molecule has 0 spiro atoms. The Bertz CT molecular complexity index is 931. The predicted molar refractivity (Wildman–Crippen MR) is 112 cm³/mol. The zero-order chi connectivity index (χ0) is 20.6. The Morgan fingerprint density at radius 1 is 1.18 bits per heavy atom. The second-order valence-corrected chi connectivity index (χ2v) is 8.22. The van der Waals surface area contributed by atoms with Crippen molar-refractivity contribution in [1.29, 1.82) is 0 Å². The van der Waals surface area contributed by atoms with Crippen LogP contribution in [0.15, 0.2) is 36.4 Å². The minimum Gasteiger partial charge on any atom is -0.476 e. The molecule has 0 atom stereocenters. The number of amides is 2. The number of benzene rings is 2. The lowest BCUT2D eigenvalue weighted by molar-refractivity contribution is -0.133. The standard InChI is InChI=1S/C23H28N2O3/c1-14(2)17-9-7-8-16(4)21(17)24-20(26)13-25-18-12-15(3)10-11-19(18)28-23(5,6)22(25)27/h7-12,14H,13H2,1-6H3,(H,24,26). The molecule has 0 fully saturated rings. The maximum Gasteiger partial charge on any atom is 0.271 e. The molecule has 28 heavy (non-hydrogen) atoms. The Morgan fingerprint density at radius 3 is 2.57 bits per heavy atom.